The molecule has 1 saturated heterocycles. The quantitative estimate of drug-likeness (QED) is 0.575. The first-order valence-corrected chi connectivity index (χ1v) is 10.8. The highest BCUT2D eigenvalue weighted by molar-refractivity contribution is 8.00. The Morgan fingerprint density at radius 3 is 2.92 bits per heavy atom. The Kier molecular flexibility index (Phi) is 6.86. The van der Waals surface area contributed by atoms with Crippen molar-refractivity contribution in [3.05, 3.63) is 16.8 Å². The molecule has 0 aromatic carbocycles. The normalized spacial score (nSPS) is 16.7. The van der Waals surface area contributed by atoms with Crippen molar-refractivity contribution in [3.63, 3.8) is 0 Å². The molecule has 26 heavy (non-hydrogen) atoms. The van der Waals surface area contributed by atoms with Gasteiger partial charge in [-0.15, -0.1) is 11.3 Å². The SMILES string of the molecule is CCc1cc2c(SC(C)C(=O)NCCN3CCOCC3)nc(C)nc2s1. The maximum atomic E-state index is 12.5. The molecule has 8 heteroatoms. The fourth-order valence-corrected chi connectivity index (χ4v) is 4.91. The molecule has 1 amide bonds. The lowest BCUT2D eigenvalue weighted by atomic mass is 10.3. The summed E-state index contributed by atoms with van der Waals surface area (Å²) < 4.78 is 5.34. The monoisotopic (exact) mass is 394 g/mol. The molecule has 1 atom stereocenters. The molecule has 0 radical (unpaired) electrons. The third kappa shape index (κ3) is 4.94. The second-order valence-electron chi connectivity index (χ2n) is 6.37. The third-order valence-corrected chi connectivity index (χ3v) is 6.63. The summed E-state index contributed by atoms with van der Waals surface area (Å²) in [5, 5.41) is 4.82. The maximum Gasteiger partial charge on any atom is 0.233 e. The standard InChI is InChI=1S/C18H26N4O2S2/c1-4-14-11-15-17(20-13(3)21-18(15)26-14)25-12(2)16(23)19-5-6-22-7-9-24-10-8-22/h11-12H,4-10H2,1-3H3,(H,19,23). The van der Waals surface area contributed by atoms with Gasteiger partial charge in [0, 0.05) is 36.4 Å². The molecule has 1 fully saturated rings. The Balaban J connectivity index is 1.58. The van der Waals surface area contributed by atoms with Crippen LogP contribution in [0.15, 0.2) is 11.1 Å². The number of morpholine rings is 1. The van der Waals surface area contributed by atoms with Crippen LogP contribution in [0.4, 0.5) is 0 Å². The first-order chi connectivity index (χ1) is 12.6. The van der Waals surface area contributed by atoms with Crippen LogP contribution in [0, 0.1) is 6.92 Å². The molecule has 2 aromatic heterocycles. The zero-order chi connectivity index (χ0) is 18.5. The molecular weight excluding hydrogens is 368 g/mol. The van der Waals surface area contributed by atoms with Crippen molar-refractivity contribution in [1.29, 1.82) is 0 Å². The van der Waals surface area contributed by atoms with Crippen molar-refractivity contribution in [1.82, 2.24) is 20.2 Å². The second-order valence-corrected chi connectivity index (χ2v) is 8.81. The van der Waals surface area contributed by atoms with E-state index >= 15 is 0 Å². The van der Waals surface area contributed by atoms with Gasteiger partial charge < -0.3 is 10.1 Å². The summed E-state index contributed by atoms with van der Waals surface area (Å²) in [7, 11) is 0. The van der Waals surface area contributed by atoms with Gasteiger partial charge in [-0.25, -0.2) is 9.97 Å². The summed E-state index contributed by atoms with van der Waals surface area (Å²) in [6, 6.07) is 2.16. The van der Waals surface area contributed by atoms with Gasteiger partial charge in [0.25, 0.3) is 0 Å². The zero-order valence-corrected chi connectivity index (χ0v) is 17.2. The lowest BCUT2D eigenvalue weighted by molar-refractivity contribution is -0.120. The van der Waals surface area contributed by atoms with Crippen LogP contribution in [0.2, 0.25) is 0 Å². The van der Waals surface area contributed by atoms with E-state index in [0.717, 1.165) is 60.3 Å². The number of carbonyl (C=O) groups excluding carboxylic acids is 1. The Morgan fingerprint density at radius 1 is 1.42 bits per heavy atom. The number of thiophene rings is 1. The minimum atomic E-state index is -0.192. The van der Waals surface area contributed by atoms with E-state index < -0.39 is 0 Å². The molecule has 3 heterocycles. The number of carbonyl (C=O) groups is 1. The lowest BCUT2D eigenvalue weighted by Gasteiger charge is -2.26. The van der Waals surface area contributed by atoms with Gasteiger partial charge in [-0.1, -0.05) is 18.7 Å². The summed E-state index contributed by atoms with van der Waals surface area (Å²) in [6.07, 6.45) is 0.988. The molecule has 142 valence electrons. The van der Waals surface area contributed by atoms with E-state index in [2.05, 4.69) is 33.2 Å². The predicted octanol–water partition coefficient (Wildman–Crippen LogP) is 2.49. The first kappa shape index (κ1) is 19.5. The van der Waals surface area contributed by atoms with E-state index in [9.17, 15) is 4.79 Å². The molecule has 0 saturated carbocycles. The third-order valence-electron chi connectivity index (χ3n) is 4.36. The number of aromatic nitrogens is 2. The van der Waals surface area contributed by atoms with Gasteiger partial charge in [0.2, 0.25) is 5.91 Å². The van der Waals surface area contributed by atoms with Crippen LogP contribution < -0.4 is 5.32 Å². The fourth-order valence-electron chi connectivity index (χ4n) is 2.84. The molecular formula is C18H26N4O2S2. The molecule has 2 aromatic rings. The maximum absolute atomic E-state index is 12.5. The zero-order valence-electron chi connectivity index (χ0n) is 15.6. The van der Waals surface area contributed by atoms with E-state index in [1.54, 1.807) is 11.3 Å². The number of thioether (sulfide) groups is 1. The van der Waals surface area contributed by atoms with Crippen LogP contribution in [-0.2, 0) is 16.0 Å². The number of nitrogens with one attached hydrogen (secondary N) is 1. The summed E-state index contributed by atoms with van der Waals surface area (Å²) in [5.74, 6) is 0.808. The first-order valence-electron chi connectivity index (χ1n) is 9.08. The van der Waals surface area contributed by atoms with Gasteiger partial charge >= 0.3 is 0 Å². The molecule has 1 N–H and O–H groups in total. The smallest absolute Gasteiger partial charge is 0.233 e. The van der Waals surface area contributed by atoms with Crippen molar-refractivity contribution in [2.75, 3.05) is 39.4 Å². The summed E-state index contributed by atoms with van der Waals surface area (Å²) in [4.78, 5) is 26.2. The van der Waals surface area contributed by atoms with E-state index in [1.165, 1.54) is 16.6 Å². The molecule has 1 aliphatic heterocycles. The Bertz CT molecular complexity index is 759. The highest BCUT2D eigenvalue weighted by Crippen LogP contribution is 2.33. The molecule has 6 nitrogen and oxygen atoms in total. The van der Waals surface area contributed by atoms with E-state index in [0.29, 0.717) is 6.54 Å². The van der Waals surface area contributed by atoms with Crippen molar-refractivity contribution < 1.29 is 9.53 Å². The number of hydrogen-bond acceptors (Lipinski definition) is 7. The summed E-state index contributed by atoms with van der Waals surface area (Å²) in [5.41, 5.74) is 0. The van der Waals surface area contributed by atoms with Crippen molar-refractivity contribution >= 4 is 39.2 Å². The van der Waals surface area contributed by atoms with Gasteiger partial charge in [0.15, 0.2) is 0 Å². The number of rotatable bonds is 7. The number of amides is 1. The van der Waals surface area contributed by atoms with Crippen LogP contribution >= 0.6 is 23.1 Å². The van der Waals surface area contributed by atoms with E-state index in [-0.39, 0.29) is 11.2 Å². The minimum Gasteiger partial charge on any atom is -0.379 e. The van der Waals surface area contributed by atoms with E-state index in [4.69, 9.17) is 4.74 Å². The summed E-state index contributed by atoms with van der Waals surface area (Å²) in [6.45, 7) is 11.0. The fraction of sp³-hybridized carbons (Fsp3) is 0.611. The van der Waals surface area contributed by atoms with Crippen molar-refractivity contribution in [2.24, 2.45) is 0 Å². The number of ether oxygens (including phenoxy) is 1. The predicted molar refractivity (Wildman–Crippen MR) is 107 cm³/mol. The molecule has 1 aliphatic rings. The van der Waals surface area contributed by atoms with Crippen LogP contribution in [0.3, 0.4) is 0 Å². The van der Waals surface area contributed by atoms with Crippen LogP contribution in [0.5, 0.6) is 0 Å². The van der Waals surface area contributed by atoms with Gasteiger partial charge in [0.05, 0.1) is 18.5 Å². The minimum absolute atomic E-state index is 0.0543. The van der Waals surface area contributed by atoms with Gasteiger partial charge in [-0.2, -0.15) is 0 Å². The number of fused-ring (bicyclic) bond motifs is 1. The van der Waals surface area contributed by atoms with Crippen LogP contribution in [-0.4, -0.2) is 65.4 Å². The summed E-state index contributed by atoms with van der Waals surface area (Å²) >= 11 is 3.23. The van der Waals surface area contributed by atoms with Gasteiger partial charge in [-0.05, 0) is 26.3 Å². The highest BCUT2D eigenvalue weighted by Gasteiger charge is 2.19. The second kappa shape index (κ2) is 9.12. The number of hydrogen-bond donors (Lipinski definition) is 1. The Hall–Kier alpha value is -1.22. The highest BCUT2D eigenvalue weighted by atomic mass is 32.2. The van der Waals surface area contributed by atoms with Crippen LogP contribution in [0.1, 0.15) is 24.5 Å². The molecule has 0 spiro atoms. The number of nitrogens with zero attached hydrogens (tertiary/aromatic N) is 3. The van der Waals surface area contributed by atoms with Gasteiger partial charge in [-0.3, -0.25) is 9.69 Å². The van der Waals surface area contributed by atoms with Crippen LogP contribution in [0.25, 0.3) is 10.2 Å². The van der Waals surface area contributed by atoms with E-state index in [1.807, 2.05) is 13.8 Å². The average Bonchev–Trinajstić information content (AvgIpc) is 3.05. The van der Waals surface area contributed by atoms with Crippen molar-refractivity contribution in [3.8, 4) is 0 Å². The average molecular weight is 395 g/mol. The molecule has 0 aliphatic carbocycles. The topological polar surface area (TPSA) is 67.4 Å². The lowest BCUT2D eigenvalue weighted by Crippen LogP contribution is -2.42. The Labute approximate surface area is 162 Å². The van der Waals surface area contributed by atoms with Crippen molar-refractivity contribution in [2.45, 2.75) is 37.5 Å². The molecule has 1 unspecified atom stereocenters. The van der Waals surface area contributed by atoms with Gasteiger partial charge in [0.1, 0.15) is 15.7 Å². The largest absolute Gasteiger partial charge is 0.379 e. The molecule has 0 bridgehead atoms. The Morgan fingerprint density at radius 2 is 2.19 bits per heavy atom. The number of aryl methyl sites for hydroxylation is 2. The molecule has 3 rings (SSSR count).